The van der Waals surface area contributed by atoms with Crippen LogP contribution in [0.25, 0.3) is 0 Å². The van der Waals surface area contributed by atoms with Crippen LogP contribution in [0.4, 0.5) is 10.1 Å². The number of nitrogens with zero attached hydrogens (tertiary/aromatic N) is 2. The Hall–Kier alpha value is -1.61. The van der Waals surface area contributed by atoms with Gasteiger partial charge in [-0.1, -0.05) is 53.2 Å². The summed E-state index contributed by atoms with van der Waals surface area (Å²) in [5.41, 5.74) is 1.08. The number of benzene rings is 2. The monoisotopic (exact) mass is 472 g/mol. The first-order chi connectivity index (χ1) is 13.7. The van der Waals surface area contributed by atoms with E-state index in [2.05, 4.69) is 4.99 Å². The molecule has 2 heterocycles. The fourth-order valence-corrected chi connectivity index (χ4v) is 7.96. The predicted octanol–water partition coefficient (Wildman–Crippen LogP) is 3.98. The molecule has 0 bridgehead atoms. The van der Waals surface area contributed by atoms with Crippen LogP contribution >= 0.6 is 35.0 Å². The van der Waals surface area contributed by atoms with E-state index in [1.807, 2.05) is 0 Å². The number of anilines is 1. The number of thioether (sulfide) groups is 1. The average molecular weight is 473 g/mol. The molecule has 2 aromatic carbocycles. The molecule has 0 N–H and O–H groups in total. The molecule has 2 aromatic rings. The first kappa shape index (κ1) is 20.7. The van der Waals surface area contributed by atoms with Crippen molar-refractivity contribution in [3.8, 4) is 0 Å². The van der Waals surface area contributed by atoms with Crippen LogP contribution in [0.5, 0.6) is 0 Å². The van der Waals surface area contributed by atoms with Gasteiger partial charge in [0.15, 0.2) is 15.0 Å². The smallest absolute Gasteiger partial charge is 0.252 e. The summed E-state index contributed by atoms with van der Waals surface area (Å²) in [6, 6.07) is 10.2. The van der Waals surface area contributed by atoms with Gasteiger partial charge < -0.3 is 4.90 Å². The van der Waals surface area contributed by atoms with Crippen molar-refractivity contribution in [3.63, 3.8) is 0 Å². The van der Waals surface area contributed by atoms with Crippen LogP contribution in [0.15, 0.2) is 47.5 Å². The SMILES string of the molecule is O=C(Cc1ccc(F)cc1)N=C1S[C@H]2CS(=O)(=O)C[C@H]2N1c1c(Cl)cccc1Cl. The fourth-order valence-electron chi connectivity index (χ4n) is 3.47. The Morgan fingerprint density at radius 2 is 1.79 bits per heavy atom. The quantitative estimate of drug-likeness (QED) is 0.675. The summed E-state index contributed by atoms with van der Waals surface area (Å²) in [5, 5.41) is 0.810. The van der Waals surface area contributed by atoms with Crippen LogP contribution in [0.2, 0.25) is 10.0 Å². The van der Waals surface area contributed by atoms with Crippen molar-refractivity contribution in [1.29, 1.82) is 0 Å². The fraction of sp³-hybridized carbons (Fsp3) is 0.263. The molecule has 0 unspecified atom stereocenters. The Kier molecular flexibility index (Phi) is 5.63. The van der Waals surface area contributed by atoms with Crippen LogP contribution in [0.3, 0.4) is 0 Å². The summed E-state index contributed by atoms with van der Waals surface area (Å²) in [4.78, 5) is 18.4. The highest BCUT2D eigenvalue weighted by molar-refractivity contribution is 8.16. The van der Waals surface area contributed by atoms with Gasteiger partial charge in [-0.15, -0.1) is 0 Å². The Labute approximate surface area is 181 Å². The molecule has 152 valence electrons. The minimum Gasteiger partial charge on any atom is -0.313 e. The standard InChI is InChI=1S/C19H15Cl2FN2O3S2/c20-13-2-1-3-14(21)18(13)24-15-9-29(26,27)10-16(15)28-19(24)23-17(25)8-11-4-6-12(22)7-5-11/h1-7,15-16H,8-10H2/t15-,16+/m1/s1. The van der Waals surface area contributed by atoms with E-state index in [-0.39, 0.29) is 29.0 Å². The lowest BCUT2D eigenvalue weighted by Gasteiger charge is -2.26. The minimum absolute atomic E-state index is 0.00205. The molecule has 5 nitrogen and oxygen atoms in total. The summed E-state index contributed by atoms with van der Waals surface area (Å²) in [7, 11) is -3.20. The molecule has 4 rings (SSSR count). The number of hydrogen-bond acceptors (Lipinski definition) is 4. The number of rotatable bonds is 3. The zero-order valence-corrected chi connectivity index (χ0v) is 18.0. The van der Waals surface area contributed by atoms with Crippen LogP contribution in [-0.4, -0.2) is 42.3 Å². The Balaban J connectivity index is 1.69. The van der Waals surface area contributed by atoms with Crippen LogP contribution in [-0.2, 0) is 21.1 Å². The molecule has 2 aliphatic heterocycles. The largest absolute Gasteiger partial charge is 0.313 e. The molecule has 0 saturated carbocycles. The van der Waals surface area contributed by atoms with E-state index in [4.69, 9.17) is 23.2 Å². The van der Waals surface area contributed by atoms with E-state index in [0.29, 0.717) is 26.5 Å². The summed E-state index contributed by atoms with van der Waals surface area (Å²) >= 11 is 14.0. The van der Waals surface area contributed by atoms with Crippen molar-refractivity contribution >= 4 is 61.6 Å². The summed E-state index contributed by atoms with van der Waals surface area (Å²) < 4.78 is 37.4. The lowest BCUT2D eigenvalue weighted by molar-refractivity contribution is -0.117. The number of carbonyl (C=O) groups excluding carboxylic acids is 1. The number of aliphatic imine (C=N–C) groups is 1. The zero-order chi connectivity index (χ0) is 20.8. The van der Waals surface area contributed by atoms with Gasteiger partial charge in [-0.3, -0.25) is 4.79 Å². The highest BCUT2D eigenvalue weighted by Gasteiger charge is 2.50. The third kappa shape index (κ3) is 4.30. The van der Waals surface area contributed by atoms with E-state index in [0.717, 1.165) is 0 Å². The van der Waals surface area contributed by atoms with Crippen molar-refractivity contribution < 1.29 is 17.6 Å². The molecule has 2 saturated heterocycles. The molecule has 0 radical (unpaired) electrons. The van der Waals surface area contributed by atoms with Gasteiger partial charge in [0.1, 0.15) is 5.82 Å². The molecule has 10 heteroatoms. The van der Waals surface area contributed by atoms with E-state index >= 15 is 0 Å². The summed E-state index contributed by atoms with van der Waals surface area (Å²) in [5.74, 6) is -0.855. The van der Waals surface area contributed by atoms with Gasteiger partial charge in [0.05, 0.1) is 39.7 Å². The second-order valence-electron chi connectivity index (χ2n) is 6.83. The first-order valence-corrected chi connectivity index (χ1v) is 12.2. The molecule has 0 aromatic heterocycles. The van der Waals surface area contributed by atoms with Gasteiger partial charge in [-0.05, 0) is 29.8 Å². The topological polar surface area (TPSA) is 66.8 Å². The average Bonchev–Trinajstić information content (AvgIpc) is 3.09. The highest BCUT2D eigenvalue weighted by Crippen LogP contribution is 2.45. The van der Waals surface area contributed by atoms with Gasteiger partial charge in [-0.25, -0.2) is 12.8 Å². The number of amidine groups is 1. The second-order valence-corrected chi connectivity index (χ2v) is 11.0. The van der Waals surface area contributed by atoms with Crippen LogP contribution in [0.1, 0.15) is 5.56 Å². The van der Waals surface area contributed by atoms with Crippen molar-refractivity contribution in [2.24, 2.45) is 4.99 Å². The Bertz CT molecular complexity index is 1090. The molecule has 29 heavy (non-hydrogen) atoms. The number of carbonyl (C=O) groups is 1. The van der Waals surface area contributed by atoms with E-state index in [9.17, 15) is 17.6 Å². The maximum atomic E-state index is 13.1. The maximum Gasteiger partial charge on any atom is 0.252 e. The number of para-hydroxylation sites is 1. The number of amides is 1. The summed E-state index contributed by atoms with van der Waals surface area (Å²) in [6.45, 7) is 0. The third-order valence-electron chi connectivity index (χ3n) is 4.73. The van der Waals surface area contributed by atoms with Crippen LogP contribution in [0, 0.1) is 5.82 Å². The van der Waals surface area contributed by atoms with Crippen molar-refractivity contribution in [2.45, 2.75) is 17.7 Å². The van der Waals surface area contributed by atoms with Crippen LogP contribution < -0.4 is 4.90 Å². The Morgan fingerprint density at radius 1 is 1.14 bits per heavy atom. The molecule has 0 spiro atoms. The molecule has 1 amide bonds. The highest BCUT2D eigenvalue weighted by atomic mass is 35.5. The molecule has 0 aliphatic carbocycles. The second kappa shape index (κ2) is 7.91. The van der Waals surface area contributed by atoms with Gasteiger partial charge in [0, 0.05) is 5.25 Å². The van der Waals surface area contributed by atoms with E-state index < -0.39 is 21.8 Å². The number of fused-ring (bicyclic) bond motifs is 1. The molecule has 2 aliphatic rings. The van der Waals surface area contributed by atoms with Gasteiger partial charge in [0.2, 0.25) is 0 Å². The first-order valence-electron chi connectivity index (χ1n) is 8.70. The van der Waals surface area contributed by atoms with Gasteiger partial charge in [-0.2, -0.15) is 4.99 Å². The minimum atomic E-state index is -3.20. The zero-order valence-electron chi connectivity index (χ0n) is 14.9. The van der Waals surface area contributed by atoms with Crippen molar-refractivity contribution in [1.82, 2.24) is 0 Å². The predicted molar refractivity (Wildman–Crippen MR) is 115 cm³/mol. The summed E-state index contributed by atoms with van der Waals surface area (Å²) in [6.07, 6.45) is 0.00205. The number of sulfone groups is 1. The molecule has 2 atom stereocenters. The normalized spacial score (nSPS) is 24.1. The molecular weight excluding hydrogens is 458 g/mol. The van der Waals surface area contributed by atoms with Crippen molar-refractivity contribution in [2.75, 3.05) is 16.4 Å². The van der Waals surface area contributed by atoms with Gasteiger partial charge in [0.25, 0.3) is 5.91 Å². The third-order valence-corrected chi connectivity index (χ3v) is 8.55. The lowest BCUT2D eigenvalue weighted by atomic mass is 10.1. The van der Waals surface area contributed by atoms with E-state index in [1.165, 1.54) is 36.0 Å². The Morgan fingerprint density at radius 3 is 2.45 bits per heavy atom. The molecule has 2 fully saturated rings. The molecular formula is C19H15Cl2FN2O3S2. The number of halogens is 3. The maximum absolute atomic E-state index is 13.1. The van der Waals surface area contributed by atoms with Crippen molar-refractivity contribution in [3.05, 3.63) is 63.9 Å². The lowest BCUT2D eigenvalue weighted by Crippen LogP contribution is -2.38. The van der Waals surface area contributed by atoms with E-state index in [1.54, 1.807) is 23.1 Å². The number of hydrogen-bond donors (Lipinski definition) is 0. The van der Waals surface area contributed by atoms with Gasteiger partial charge >= 0.3 is 0 Å².